The molecule has 70 heavy (non-hydrogen) atoms. The zero-order valence-electron chi connectivity index (χ0n) is 38.0. The lowest BCUT2D eigenvalue weighted by molar-refractivity contribution is 0.672. The van der Waals surface area contributed by atoms with E-state index in [0.717, 1.165) is 71.7 Å². The van der Waals surface area contributed by atoms with Crippen molar-refractivity contribution in [1.82, 2.24) is 9.13 Å². The van der Waals surface area contributed by atoms with Gasteiger partial charge < -0.3 is 18.0 Å². The van der Waals surface area contributed by atoms with Gasteiger partial charge in [0.05, 0.1) is 32.8 Å². The van der Waals surface area contributed by atoms with E-state index < -0.39 is 0 Å². The number of hydrogen-bond acceptors (Lipinski definition) is 2. The molecule has 11 aromatic carbocycles. The maximum absolute atomic E-state index is 6.50. The summed E-state index contributed by atoms with van der Waals surface area (Å²) in [6.07, 6.45) is 0. The molecule has 4 aromatic heterocycles. The van der Waals surface area contributed by atoms with Crippen LogP contribution < -0.4 is 0 Å². The molecular formula is C66H42N2O2. The molecule has 0 unspecified atom stereocenters. The number of fused-ring (bicyclic) bond motifs is 14. The zero-order valence-corrected chi connectivity index (χ0v) is 38.0. The quantitative estimate of drug-likeness (QED) is 0.173. The second kappa shape index (κ2) is 16.2. The Morgan fingerprint density at radius 1 is 0.229 bits per heavy atom. The molecule has 15 aromatic rings. The molecule has 4 heterocycles. The maximum atomic E-state index is 6.50. The highest BCUT2D eigenvalue weighted by Crippen LogP contribution is 2.43. The minimum absolute atomic E-state index is 0.921. The van der Waals surface area contributed by atoms with Crippen LogP contribution in [0.2, 0.25) is 0 Å². The third-order valence-corrected chi connectivity index (χ3v) is 14.0. The molecule has 4 nitrogen and oxygen atoms in total. The number of furan rings is 2. The fourth-order valence-electron chi connectivity index (χ4n) is 10.8. The molecule has 15 rings (SSSR count). The summed E-state index contributed by atoms with van der Waals surface area (Å²) in [6.45, 7) is 0. The highest BCUT2D eigenvalue weighted by atomic mass is 16.3. The molecule has 0 fully saturated rings. The van der Waals surface area contributed by atoms with Crippen molar-refractivity contribution in [3.63, 3.8) is 0 Å². The van der Waals surface area contributed by atoms with Gasteiger partial charge in [-0.25, -0.2) is 0 Å². The normalized spacial score (nSPS) is 11.7. The molecule has 0 N–H and O–H groups in total. The van der Waals surface area contributed by atoms with Crippen LogP contribution in [-0.4, -0.2) is 9.13 Å². The van der Waals surface area contributed by atoms with Crippen LogP contribution in [0.15, 0.2) is 264 Å². The van der Waals surface area contributed by atoms with Gasteiger partial charge in [-0.1, -0.05) is 176 Å². The summed E-state index contributed by atoms with van der Waals surface area (Å²) in [6, 6.07) is 90.1. The second-order valence-corrected chi connectivity index (χ2v) is 18.0. The fourth-order valence-corrected chi connectivity index (χ4v) is 10.8. The summed E-state index contributed by atoms with van der Waals surface area (Å²) < 4.78 is 17.6. The smallest absolute Gasteiger partial charge is 0.145 e. The highest BCUT2D eigenvalue weighted by Gasteiger charge is 2.21. The topological polar surface area (TPSA) is 36.1 Å². The van der Waals surface area contributed by atoms with Crippen molar-refractivity contribution >= 4 is 87.5 Å². The van der Waals surface area contributed by atoms with Crippen LogP contribution in [0.5, 0.6) is 0 Å². The molecule has 0 amide bonds. The standard InChI is InChI=1S/C36H23NO.C30H19NO/c1-3-11-24(12-4-1)26-21-27(25-13-5-2-6-14-25)23-28(22-26)37-32-17-9-7-16-31(32)35-33(37)20-19-30-29-15-8-10-18-34(29)38-36(30)35;1-2-9-20(10-3-1)21-11-8-12-22(19-21)31-26-15-6-4-14-25(26)29-27(31)18-17-24-23-13-5-7-16-28(23)32-30(24)29/h1-23H;1-19H. The van der Waals surface area contributed by atoms with E-state index >= 15 is 0 Å². The van der Waals surface area contributed by atoms with Crippen LogP contribution in [0.25, 0.3) is 132 Å². The predicted octanol–water partition coefficient (Wildman–Crippen LogP) is 18.4. The first-order valence-electron chi connectivity index (χ1n) is 23.8. The molecule has 0 aliphatic heterocycles. The van der Waals surface area contributed by atoms with Crippen molar-refractivity contribution in [2.24, 2.45) is 0 Å². The zero-order chi connectivity index (χ0) is 46.1. The van der Waals surface area contributed by atoms with Gasteiger partial charge in [0.25, 0.3) is 0 Å². The van der Waals surface area contributed by atoms with Crippen molar-refractivity contribution in [3.8, 4) is 44.8 Å². The highest BCUT2D eigenvalue weighted by molar-refractivity contribution is 6.25. The van der Waals surface area contributed by atoms with Crippen LogP contribution in [0.3, 0.4) is 0 Å². The number of nitrogens with zero attached hydrogens (tertiary/aromatic N) is 2. The number of para-hydroxylation sites is 4. The summed E-state index contributed by atoms with van der Waals surface area (Å²) >= 11 is 0. The van der Waals surface area contributed by atoms with Crippen molar-refractivity contribution in [2.75, 3.05) is 0 Å². The van der Waals surface area contributed by atoms with E-state index in [0.29, 0.717) is 0 Å². The van der Waals surface area contributed by atoms with Gasteiger partial charge in [-0.2, -0.15) is 0 Å². The monoisotopic (exact) mass is 894 g/mol. The summed E-state index contributed by atoms with van der Waals surface area (Å²) in [7, 11) is 0. The van der Waals surface area contributed by atoms with Crippen molar-refractivity contribution in [2.45, 2.75) is 0 Å². The SMILES string of the molecule is c1ccc(-c2cc(-c3ccccc3)cc(-n3c4ccccc4c4c5oc6ccccc6c5ccc43)c2)cc1.c1ccc(-c2cccc(-n3c4ccccc4c4c5oc6ccccc6c5ccc43)c2)cc1. The molecule has 328 valence electrons. The van der Waals surface area contributed by atoms with E-state index in [-0.39, 0.29) is 0 Å². The summed E-state index contributed by atoms with van der Waals surface area (Å²) in [5, 5.41) is 9.34. The molecule has 4 heteroatoms. The molecule has 0 radical (unpaired) electrons. The summed E-state index contributed by atoms with van der Waals surface area (Å²) in [5.41, 5.74) is 17.9. The molecule has 0 aliphatic carbocycles. The van der Waals surface area contributed by atoms with Gasteiger partial charge in [0.15, 0.2) is 0 Å². The Bertz CT molecular complexity index is 4400. The Hall–Kier alpha value is -9.38. The minimum Gasteiger partial charge on any atom is -0.455 e. The third-order valence-electron chi connectivity index (χ3n) is 14.0. The number of benzene rings is 11. The van der Waals surface area contributed by atoms with Gasteiger partial charge in [0.2, 0.25) is 0 Å². The van der Waals surface area contributed by atoms with Crippen molar-refractivity contribution in [1.29, 1.82) is 0 Å². The lowest BCUT2D eigenvalue weighted by Crippen LogP contribution is -1.96. The number of hydrogen-bond donors (Lipinski definition) is 0. The molecule has 0 bridgehead atoms. The Morgan fingerprint density at radius 2 is 0.614 bits per heavy atom. The summed E-state index contributed by atoms with van der Waals surface area (Å²) in [5.74, 6) is 0. The Balaban J connectivity index is 0.000000133. The first-order chi connectivity index (χ1) is 34.7. The average molecular weight is 895 g/mol. The maximum Gasteiger partial charge on any atom is 0.145 e. The van der Waals surface area contributed by atoms with Crippen molar-refractivity contribution < 1.29 is 8.83 Å². The van der Waals surface area contributed by atoms with E-state index in [1.807, 2.05) is 18.2 Å². The van der Waals surface area contributed by atoms with Gasteiger partial charge in [-0.05, 0) is 112 Å². The minimum atomic E-state index is 0.921. The predicted molar refractivity (Wildman–Crippen MR) is 292 cm³/mol. The first kappa shape index (κ1) is 39.8. The van der Waals surface area contributed by atoms with Crippen LogP contribution in [-0.2, 0) is 0 Å². The lowest BCUT2D eigenvalue weighted by Gasteiger charge is -2.14. The van der Waals surface area contributed by atoms with Gasteiger partial charge in [-0.15, -0.1) is 0 Å². The number of rotatable bonds is 5. The van der Waals surface area contributed by atoms with Crippen LogP contribution >= 0.6 is 0 Å². The largest absolute Gasteiger partial charge is 0.455 e. The Morgan fingerprint density at radius 3 is 1.11 bits per heavy atom. The number of aromatic nitrogens is 2. The van der Waals surface area contributed by atoms with Gasteiger partial charge in [0, 0.05) is 43.7 Å². The van der Waals surface area contributed by atoms with Crippen LogP contribution in [0.1, 0.15) is 0 Å². The van der Waals surface area contributed by atoms with Crippen LogP contribution in [0, 0.1) is 0 Å². The van der Waals surface area contributed by atoms with Crippen molar-refractivity contribution in [3.05, 3.63) is 255 Å². The molecule has 0 saturated heterocycles. The van der Waals surface area contributed by atoms with Gasteiger partial charge in [0.1, 0.15) is 22.3 Å². The molecule has 0 atom stereocenters. The van der Waals surface area contributed by atoms with E-state index in [4.69, 9.17) is 8.83 Å². The fraction of sp³-hybridized carbons (Fsp3) is 0. The first-order valence-corrected chi connectivity index (χ1v) is 23.8. The molecule has 0 saturated carbocycles. The third kappa shape index (κ3) is 6.38. The lowest BCUT2D eigenvalue weighted by atomic mass is 9.98. The van der Waals surface area contributed by atoms with E-state index in [2.05, 4.69) is 246 Å². The van der Waals surface area contributed by atoms with Gasteiger partial charge in [-0.3, -0.25) is 0 Å². The molecule has 0 aliphatic rings. The summed E-state index contributed by atoms with van der Waals surface area (Å²) in [4.78, 5) is 0. The average Bonchev–Trinajstić information content (AvgIpc) is 4.20. The molecular weight excluding hydrogens is 853 g/mol. The van der Waals surface area contributed by atoms with Gasteiger partial charge >= 0.3 is 0 Å². The van der Waals surface area contributed by atoms with E-state index in [9.17, 15) is 0 Å². The Labute approximate surface area is 403 Å². The second-order valence-electron chi connectivity index (χ2n) is 18.0. The van der Waals surface area contributed by atoms with E-state index in [1.165, 1.54) is 60.6 Å². The Kier molecular flexibility index (Phi) is 9.17. The van der Waals surface area contributed by atoms with E-state index in [1.54, 1.807) is 0 Å². The molecule has 0 spiro atoms. The van der Waals surface area contributed by atoms with Crippen LogP contribution in [0.4, 0.5) is 0 Å².